The van der Waals surface area contributed by atoms with Crippen molar-refractivity contribution in [2.24, 2.45) is 11.7 Å². The summed E-state index contributed by atoms with van der Waals surface area (Å²) in [7, 11) is 0. The zero-order valence-electron chi connectivity index (χ0n) is 25.6. The van der Waals surface area contributed by atoms with Gasteiger partial charge in [-0.3, -0.25) is 14.8 Å². The number of carbonyl (C=O) groups excluding carboxylic acids is 1. The zero-order chi connectivity index (χ0) is 32.0. The summed E-state index contributed by atoms with van der Waals surface area (Å²) in [4.78, 5) is 36.7. The number of amides is 1. The van der Waals surface area contributed by atoms with E-state index in [9.17, 15) is 9.59 Å². The van der Waals surface area contributed by atoms with Gasteiger partial charge in [0.15, 0.2) is 5.69 Å². The number of nitrogens with two attached hydrogens (primary N) is 1. The van der Waals surface area contributed by atoms with Gasteiger partial charge in [-0.15, -0.1) is 5.10 Å². The van der Waals surface area contributed by atoms with Crippen molar-refractivity contribution in [3.05, 3.63) is 125 Å². The van der Waals surface area contributed by atoms with Crippen molar-refractivity contribution < 1.29 is 9.21 Å². The molecular weight excluding hydrogens is 580 g/mol. The lowest BCUT2D eigenvalue weighted by Gasteiger charge is -2.24. The van der Waals surface area contributed by atoms with Gasteiger partial charge in [-0.2, -0.15) is 0 Å². The van der Waals surface area contributed by atoms with Crippen molar-refractivity contribution in [3.63, 3.8) is 0 Å². The number of anilines is 2. The van der Waals surface area contributed by atoms with Crippen molar-refractivity contribution >= 4 is 28.3 Å². The third-order valence-electron chi connectivity index (χ3n) is 7.47. The molecule has 232 valence electrons. The van der Waals surface area contributed by atoms with Crippen molar-refractivity contribution in [3.8, 4) is 16.9 Å². The largest absolute Gasteiger partial charge is 0.421 e. The second-order valence-electron chi connectivity index (χ2n) is 11.5. The minimum atomic E-state index is -0.625. The van der Waals surface area contributed by atoms with Crippen LogP contribution >= 0.6 is 0 Å². The molecule has 0 radical (unpaired) electrons. The number of nitrogens with one attached hydrogen (secondary N) is 1. The lowest BCUT2D eigenvalue weighted by Crippen LogP contribution is -2.36. The first-order valence-electron chi connectivity index (χ1n) is 15.0. The monoisotopic (exact) mass is 614 g/mol. The molecule has 6 aromatic rings. The molecule has 1 amide bonds. The van der Waals surface area contributed by atoms with Crippen LogP contribution in [0.15, 0.2) is 113 Å². The fourth-order valence-corrected chi connectivity index (χ4v) is 5.16. The topological polar surface area (TPSA) is 145 Å². The number of aromatic nitrogens is 5. The Balaban J connectivity index is 1.20. The first-order valence-corrected chi connectivity index (χ1v) is 15.0. The fourth-order valence-electron chi connectivity index (χ4n) is 5.16. The van der Waals surface area contributed by atoms with E-state index in [1.165, 1.54) is 4.68 Å². The van der Waals surface area contributed by atoms with Crippen LogP contribution in [0.5, 0.6) is 0 Å². The summed E-state index contributed by atoms with van der Waals surface area (Å²) in [6, 6.07) is 25.9. The van der Waals surface area contributed by atoms with Crippen LogP contribution in [0.25, 0.3) is 27.9 Å². The Kier molecular flexibility index (Phi) is 8.93. The molecule has 0 aliphatic carbocycles. The Morgan fingerprint density at radius 3 is 2.26 bits per heavy atom. The predicted molar refractivity (Wildman–Crippen MR) is 177 cm³/mol. The van der Waals surface area contributed by atoms with Gasteiger partial charge in [0.05, 0.1) is 36.7 Å². The first kappa shape index (κ1) is 30.4. The maximum Gasteiger partial charge on any atom is 0.362 e. The van der Waals surface area contributed by atoms with Crippen molar-refractivity contribution in [1.82, 2.24) is 25.0 Å². The number of hydrogen-bond donors (Lipinski definition) is 2. The summed E-state index contributed by atoms with van der Waals surface area (Å²) in [5.74, 6) is 0.00511. The highest BCUT2D eigenvalue weighted by Crippen LogP contribution is 2.25. The molecule has 0 saturated carbocycles. The van der Waals surface area contributed by atoms with Crippen molar-refractivity contribution in [2.75, 3.05) is 10.2 Å². The van der Waals surface area contributed by atoms with Crippen LogP contribution in [0.1, 0.15) is 31.7 Å². The second-order valence-corrected chi connectivity index (χ2v) is 11.5. The van der Waals surface area contributed by atoms with Gasteiger partial charge in [-0.1, -0.05) is 43.3 Å². The molecule has 4 heterocycles. The molecule has 46 heavy (non-hydrogen) atoms. The lowest BCUT2D eigenvalue weighted by atomic mass is 10.0. The quantitative estimate of drug-likeness (QED) is 0.185. The normalized spacial score (nSPS) is 11.9. The molecule has 0 unspecified atom stereocenters. The van der Waals surface area contributed by atoms with Crippen LogP contribution in [-0.4, -0.2) is 36.9 Å². The van der Waals surface area contributed by atoms with Gasteiger partial charge in [0, 0.05) is 40.8 Å². The molecular formula is C35H34N8O3. The maximum absolute atomic E-state index is 13.0. The minimum Gasteiger partial charge on any atom is -0.421 e. The van der Waals surface area contributed by atoms with Gasteiger partial charge in [0.25, 0.3) is 0 Å². The number of fused-ring (bicyclic) bond motifs is 1. The van der Waals surface area contributed by atoms with Gasteiger partial charge in [-0.05, 0) is 66.9 Å². The van der Waals surface area contributed by atoms with Gasteiger partial charge in [-0.25, -0.2) is 9.48 Å². The van der Waals surface area contributed by atoms with E-state index in [4.69, 9.17) is 10.2 Å². The zero-order valence-corrected chi connectivity index (χ0v) is 25.6. The van der Waals surface area contributed by atoms with Gasteiger partial charge >= 0.3 is 5.63 Å². The fraction of sp³-hybridized carbons (Fsp3) is 0.200. The van der Waals surface area contributed by atoms with Crippen molar-refractivity contribution in [1.29, 1.82) is 0 Å². The first-order chi connectivity index (χ1) is 22.3. The average molecular weight is 615 g/mol. The van der Waals surface area contributed by atoms with E-state index in [1.807, 2.05) is 74.5 Å². The van der Waals surface area contributed by atoms with Crippen LogP contribution in [0.2, 0.25) is 0 Å². The number of rotatable bonds is 11. The highest BCUT2D eigenvalue weighted by molar-refractivity contribution is 5.96. The third kappa shape index (κ3) is 7.16. The molecule has 0 bridgehead atoms. The average Bonchev–Trinajstić information content (AvgIpc) is 3.55. The summed E-state index contributed by atoms with van der Waals surface area (Å²) >= 11 is 0. The summed E-state index contributed by atoms with van der Waals surface area (Å²) in [6.07, 6.45) is 5.84. The number of hydrogen-bond acceptors (Lipinski definition) is 9. The highest BCUT2D eigenvalue weighted by Gasteiger charge is 2.17. The van der Waals surface area contributed by atoms with E-state index in [2.05, 4.69) is 30.5 Å². The molecule has 11 nitrogen and oxygen atoms in total. The van der Waals surface area contributed by atoms with E-state index in [0.29, 0.717) is 47.8 Å². The second kappa shape index (κ2) is 13.5. The van der Waals surface area contributed by atoms with Crippen LogP contribution in [-0.2, 0) is 17.9 Å². The minimum absolute atomic E-state index is 0.218. The Bertz CT molecular complexity index is 1950. The third-order valence-corrected chi connectivity index (χ3v) is 7.47. The van der Waals surface area contributed by atoms with Crippen LogP contribution in [0, 0.1) is 5.92 Å². The molecule has 0 fully saturated rings. The van der Waals surface area contributed by atoms with Crippen LogP contribution < -0.4 is 21.6 Å². The van der Waals surface area contributed by atoms with Crippen molar-refractivity contribution in [2.45, 2.75) is 39.4 Å². The summed E-state index contributed by atoms with van der Waals surface area (Å²) in [6.45, 7) is 5.25. The Hall–Kier alpha value is -5.68. The maximum atomic E-state index is 13.0. The molecule has 2 aromatic carbocycles. The number of carbonyl (C=O) groups is 1. The van der Waals surface area contributed by atoms with Gasteiger partial charge < -0.3 is 20.4 Å². The molecule has 6 rings (SSSR count). The number of nitrogens with zero attached hydrogens (tertiary/aromatic N) is 6. The number of benzene rings is 2. The van der Waals surface area contributed by atoms with Crippen LogP contribution in [0.4, 0.5) is 11.4 Å². The predicted octanol–water partition coefficient (Wildman–Crippen LogP) is 5.35. The van der Waals surface area contributed by atoms with E-state index >= 15 is 0 Å². The van der Waals surface area contributed by atoms with E-state index in [1.54, 1.807) is 42.9 Å². The molecule has 0 saturated heterocycles. The lowest BCUT2D eigenvalue weighted by molar-refractivity contribution is -0.117. The summed E-state index contributed by atoms with van der Waals surface area (Å²) in [5, 5.41) is 12.0. The van der Waals surface area contributed by atoms with E-state index in [0.717, 1.165) is 22.6 Å². The molecule has 0 spiro atoms. The van der Waals surface area contributed by atoms with Gasteiger partial charge in [0.2, 0.25) is 5.91 Å². The molecule has 1 atom stereocenters. The Morgan fingerprint density at radius 2 is 1.63 bits per heavy atom. The molecule has 11 heteroatoms. The number of pyridine rings is 2. The van der Waals surface area contributed by atoms with E-state index < -0.39 is 11.7 Å². The molecule has 0 aliphatic rings. The highest BCUT2D eigenvalue weighted by atomic mass is 16.4. The Labute approximate surface area is 265 Å². The summed E-state index contributed by atoms with van der Waals surface area (Å²) in [5.41, 5.74) is 10.8. The smallest absolute Gasteiger partial charge is 0.362 e. The Morgan fingerprint density at radius 1 is 0.935 bits per heavy atom. The molecule has 4 aromatic heterocycles. The molecule has 3 N–H and O–H groups in total. The van der Waals surface area contributed by atoms with E-state index in [-0.39, 0.29) is 11.6 Å². The SMILES string of the molecule is CC(C)C[C@H](N)C(=O)Nc1ccc2cc(-n3cc(-c4ccc(N(Cc5ccccn5)Cc5ccccn5)cc4)nn3)c(=O)oc2c1. The van der Waals surface area contributed by atoms with Crippen LogP contribution in [0.3, 0.4) is 0 Å². The van der Waals surface area contributed by atoms with Gasteiger partial charge in [0.1, 0.15) is 11.3 Å². The molecule has 0 aliphatic heterocycles. The standard InChI is InChI=1S/C35H34N8O3/c1-23(2)17-30(36)34(44)39-26-12-9-25-18-32(35(45)46-33(25)19-26)43-22-31(40-41-43)24-10-13-29(14-11-24)42(20-27-7-3-5-15-37-27)21-28-8-4-6-16-38-28/h3-16,18-19,22-23,30H,17,20-21,36H2,1-2H3,(H,39,44)/t30-/m0/s1. The summed E-state index contributed by atoms with van der Waals surface area (Å²) < 4.78 is 7.01.